The molecule has 3 aliphatic heterocycles. The zero-order valence-electron chi connectivity index (χ0n) is 21.2. The van der Waals surface area contributed by atoms with Gasteiger partial charge in [-0.25, -0.2) is 0 Å². The summed E-state index contributed by atoms with van der Waals surface area (Å²) in [5.74, 6) is 0.867. The Bertz CT molecular complexity index is 1070. The topological polar surface area (TPSA) is 53.1 Å². The molecule has 0 saturated carbocycles. The second-order valence-electron chi connectivity index (χ2n) is 10.4. The van der Waals surface area contributed by atoms with Gasteiger partial charge in [0.05, 0.1) is 19.1 Å². The SMILES string of the molecule is COc1ccc([C@@H]2[C@H](C(=O)N(C)C[C@@H]3CCCN4CCCC[C@H]34)c3ccccc3C(=O)N2C)cc1. The van der Waals surface area contributed by atoms with Gasteiger partial charge in [0.1, 0.15) is 5.75 Å². The molecule has 0 spiro atoms. The normalized spacial score (nSPS) is 26.6. The number of carbonyl (C=O) groups excluding carboxylic acids is 2. The summed E-state index contributed by atoms with van der Waals surface area (Å²) in [7, 11) is 5.41. The van der Waals surface area contributed by atoms with Crippen molar-refractivity contribution in [3.8, 4) is 5.75 Å². The molecule has 3 heterocycles. The zero-order valence-corrected chi connectivity index (χ0v) is 21.2. The maximum atomic E-state index is 14.2. The summed E-state index contributed by atoms with van der Waals surface area (Å²) < 4.78 is 5.34. The minimum absolute atomic E-state index is 0.0433. The summed E-state index contributed by atoms with van der Waals surface area (Å²) in [6.45, 7) is 3.16. The average Bonchev–Trinajstić information content (AvgIpc) is 2.90. The van der Waals surface area contributed by atoms with Crippen molar-refractivity contribution in [2.24, 2.45) is 5.92 Å². The lowest BCUT2D eigenvalue weighted by Crippen LogP contribution is -2.52. The summed E-state index contributed by atoms with van der Waals surface area (Å²) in [5, 5.41) is 0. The zero-order chi connectivity index (χ0) is 24.5. The third-order valence-corrected chi connectivity index (χ3v) is 8.42. The van der Waals surface area contributed by atoms with Crippen molar-refractivity contribution in [1.29, 1.82) is 0 Å². The van der Waals surface area contributed by atoms with Crippen LogP contribution in [0.3, 0.4) is 0 Å². The lowest BCUT2D eigenvalue weighted by molar-refractivity contribution is -0.134. The van der Waals surface area contributed by atoms with Crippen molar-refractivity contribution in [2.45, 2.75) is 50.1 Å². The van der Waals surface area contributed by atoms with Crippen molar-refractivity contribution in [3.05, 3.63) is 65.2 Å². The Hall–Kier alpha value is -2.86. The Morgan fingerprint density at radius 2 is 1.77 bits per heavy atom. The molecule has 6 nitrogen and oxygen atoms in total. The molecule has 2 fully saturated rings. The van der Waals surface area contributed by atoms with Crippen molar-refractivity contribution < 1.29 is 14.3 Å². The number of methoxy groups -OCH3 is 1. The highest BCUT2D eigenvalue weighted by molar-refractivity contribution is 6.01. The molecular weight excluding hydrogens is 438 g/mol. The smallest absolute Gasteiger partial charge is 0.254 e. The fourth-order valence-corrected chi connectivity index (χ4v) is 6.63. The van der Waals surface area contributed by atoms with Crippen LogP contribution in [0.15, 0.2) is 48.5 Å². The van der Waals surface area contributed by atoms with Gasteiger partial charge in [0.15, 0.2) is 0 Å². The highest BCUT2D eigenvalue weighted by Gasteiger charge is 2.44. The van der Waals surface area contributed by atoms with Gasteiger partial charge in [0.2, 0.25) is 5.91 Å². The number of amides is 2. The Morgan fingerprint density at radius 1 is 1.03 bits per heavy atom. The van der Waals surface area contributed by atoms with Crippen LogP contribution in [0.25, 0.3) is 0 Å². The third-order valence-electron chi connectivity index (χ3n) is 8.42. The second kappa shape index (κ2) is 10.0. The summed E-state index contributed by atoms with van der Waals surface area (Å²) in [5.41, 5.74) is 2.40. The molecule has 0 aromatic heterocycles. The number of carbonyl (C=O) groups is 2. The van der Waals surface area contributed by atoms with E-state index in [9.17, 15) is 9.59 Å². The van der Waals surface area contributed by atoms with Gasteiger partial charge in [0.25, 0.3) is 5.91 Å². The lowest BCUT2D eigenvalue weighted by Gasteiger charge is -2.46. The van der Waals surface area contributed by atoms with E-state index in [1.165, 1.54) is 45.2 Å². The van der Waals surface area contributed by atoms with Crippen LogP contribution in [-0.2, 0) is 4.79 Å². The van der Waals surface area contributed by atoms with E-state index < -0.39 is 5.92 Å². The van der Waals surface area contributed by atoms with Crippen LogP contribution in [0.5, 0.6) is 5.75 Å². The molecule has 5 rings (SSSR count). The molecule has 0 bridgehead atoms. The van der Waals surface area contributed by atoms with E-state index in [1.54, 1.807) is 12.0 Å². The lowest BCUT2D eigenvalue weighted by atomic mass is 9.78. The average molecular weight is 476 g/mol. The molecule has 186 valence electrons. The van der Waals surface area contributed by atoms with Crippen LogP contribution < -0.4 is 4.74 Å². The molecule has 6 heteroatoms. The molecule has 2 amide bonds. The van der Waals surface area contributed by atoms with Crippen molar-refractivity contribution in [1.82, 2.24) is 14.7 Å². The van der Waals surface area contributed by atoms with Crippen LogP contribution in [0.4, 0.5) is 0 Å². The molecule has 4 atom stereocenters. The molecule has 0 radical (unpaired) electrons. The minimum Gasteiger partial charge on any atom is -0.497 e. The largest absolute Gasteiger partial charge is 0.497 e. The standard InChI is InChI=1S/C29H37N3O3/c1-30(19-21-9-8-18-32-17-7-6-12-25(21)32)29(34)26-23-10-4-5-11-24(23)28(33)31(2)27(26)20-13-15-22(35-3)16-14-20/h4-5,10-11,13-16,21,25-27H,6-9,12,17-19H2,1-3H3/t21-,25+,26+,27+/m0/s1. The van der Waals surface area contributed by atoms with Gasteiger partial charge in [0, 0.05) is 32.2 Å². The maximum Gasteiger partial charge on any atom is 0.254 e. The van der Waals surface area contributed by atoms with Crippen LogP contribution in [-0.4, -0.2) is 73.4 Å². The number of ether oxygens (including phenoxy) is 1. The van der Waals surface area contributed by atoms with Gasteiger partial charge in [-0.1, -0.05) is 36.8 Å². The molecular formula is C29H37N3O3. The second-order valence-corrected chi connectivity index (χ2v) is 10.4. The highest BCUT2D eigenvalue weighted by atomic mass is 16.5. The van der Waals surface area contributed by atoms with Crippen molar-refractivity contribution >= 4 is 11.8 Å². The summed E-state index contributed by atoms with van der Waals surface area (Å²) in [4.78, 5) is 33.8. The number of likely N-dealkylation sites (N-methyl/N-ethyl adjacent to an activating group) is 2. The molecule has 2 saturated heterocycles. The number of hydrogen-bond donors (Lipinski definition) is 0. The third kappa shape index (κ3) is 4.44. The van der Waals surface area contributed by atoms with E-state index in [1.807, 2.05) is 67.5 Å². The Balaban J connectivity index is 1.46. The number of fused-ring (bicyclic) bond motifs is 2. The van der Waals surface area contributed by atoms with Gasteiger partial charge in [-0.15, -0.1) is 0 Å². The Labute approximate surface area is 208 Å². The van der Waals surface area contributed by atoms with Gasteiger partial charge in [-0.05, 0) is 74.0 Å². The van der Waals surface area contributed by atoms with E-state index in [-0.39, 0.29) is 17.9 Å². The Kier molecular flexibility index (Phi) is 6.83. The highest BCUT2D eigenvalue weighted by Crippen LogP contribution is 2.43. The fourth-order valence-electron chi connectivity index (χ4n) is 6.63. The number of benzene rings is 2. The predicted octanol–water partition coefficient (Wildman–Crippen LogP) is 4.33. The molecule has 35 heavy (non-hydrogen) atoms. The van der Waals surface area contributed by atoms with Gasteiger partial charge in [-0.3, -0.25) is 9.59 Å². The van der Waals surface area contributed by atoms with E-state index >= 15 is 0 Å². The summed E-state index contributed by atoms with van der Waals surface area (Å²) in [6.07, 6.45) is 6.21. The number of nitrogens with zero attached hydrogens (tertiary/aromatic N) is 3. The van der Waals surface area contributed by atoms with E-state index in [4.69, 9.17) is 4.74 Å². The molecule has 2 aromatic rings. The van der Waals surface area contributed by atoms with Gasteiger partial charge < -0.3 is 19.4 Å². The van der Waals surface area contributed by atoms with Gasteiger partial charge >= 0.3 is 0 Å². The quantitative estimate of drug-likeness (QED) is 0.646. The van der Waals surface area contributed by atoms with Crippen LogP contribution in [0.2, 0.25) is 0 Å². The first-order chi connectivity index (χ1) is 17.0. The number of hydrogen-bond acceptors (Lipinski definition) is 4. The summed E-state index contributed by atoms with van der Waals surface area (Å²) >= 11 is 0. The predicted molar refractivity (Wildman–Crippen MR) is 137 cm³/mol. The first-order valence-corrected chi connectivity index (χ1v) is 13.0. The first-order valence-electron chi connectivity index (χ1n) is 13.0. The summed E-state index contributed by atoms with van der Waals surface area (Å²) in [6, 6.07) is 15.6. The van der Waals surface area contributed by atoms with Crippen LogP contribution in [0, 0.1) is 5.92 Å². The van der Waals surface area contributed by atoms with E-state index in [2.05, 4.69) is 4.90 Å². The van der Waals surface area contributed by atoms with Crippen LogP contribution >= 0.6 is 0 Å². The number of piperidine rings is 2. The molecule has 0 unspecified atom stereocenters. The molecule has 0 aliphatic carbocycles. The monoisotopic (exact) mass is 475 g/mol. The molecule has 3 aliphatic rings. The Morgan fingerprint density at radius 3 is 2.54 bits per heavy atom. The number of rotatable bonds is 5. The van der Waals surface area contributed by atoms with Crippen molar-refractivity contribution in [3.63, 3.8) is 0 Å². The first kappa shape index (κ1) is 23.9. The molecule has 2 aromatic carbocycles. The van der Waals surface area contributed by atoms with Gasteiger partial charge in [-0.2, -0.15) is 0 Å². The van der Waals surface area contributed by atoms with E-state index in [0.717, 1.165) is 23.4 Å². The van der Waals surface area contributed by atoms with Crippen LogP contribution in [0.1, 0.15) is 65.5 Å². The van der Waals surface area contributed by atoms with E-state index in [0.29, 0.717) is 17.5 Å². The fraction of sp³-hybridized carbons (Fsp3) is 0.517. The minimum atomic E-state index is -0.446. The maximum absolute atomic E-state index is 14.2. The molecule has 0 N–H and O–H groups in total. The van der Waals surface area contributed by atoms with Crippen molar-refractivity contribution in [2.75, 3.05) is 40.8 Å².